The lowest BCUT2D eigenvalue weighted by Crippen LogP contribution is -2.29. The minimum atomic E-state index is 0.00449. The van der Waals surface area contributed by atoms with E-state index >= 15 is 0 Å². The van der Waals surface area contributed by atoms with Crippen LogP contribution >= 0.6 is 0 Å². The van der Waals surface area contributed by atoms with E-state index in [1.54, 1.807) is 0 Å². The van der Waals surface area contributed by atoms with E-state index in [9.17, 15) is 4.79 Å². The molecule has 116 valence electrons. The molecule has 3 nitrogen and oxygen atoms in total. The van der Waals surface area contributed by atoms with Gasteiger partial charge in [-0.15, -0.1) is 0 Å². The van der Waals surface area contributed by atoms with Crippen LogP contribution in [0.3, 0.4) is 0 Å². The van der Waals surface area contributed by atoms with Crippen LogP contribution in [0.4, 0.5) is 5.69 Å². The summed E-state index contributed by atoms with van der Waals surface area (Å²) in [6.45, 7) is 7.24. The number of rotatable bonds is 5. The maximum Gasteiger partial charge on any atom is 0.251 e. The average molecular weight is 288 g/mol. The Hall–Kier alpha value is -1.51. The van der Waals surface area contributed by atoms with Crippen molar-refractivity contribution in [2.75, 3.05) is 11.9 Å². The Balaban J connectivity index is 1.99. The predicted molar refractivity (Wildman–Crippen MR) is 88.7 cm³/mol. The van der Waals surface area contributed by atoms with Crippen molar-refractivity contribution in [3.05, 3.63) is 29.8 Å². The molecule has 1 saturated carbocycles. The third-order valence-electron chi connectivity index (χ3n) is 4.49. The molecule has 2 unspecified atom stereocenters. The molecule has 1 amide bonds. The quantitative estimate of drug-likeness (QED) is 0.857. The van der Waals surface area contributed by atoms with E-state index in [0.29, 0.717) is 12.6 Å². The third kappa shape index (κ3) is 4.48. The highest BCUT2D eigenvalue weighted by Crippen LogP contribution is 2.31. The third-order valence-corrected chi connectivity index (χ3v) is 4.49. The first-order valence-electron chi connectivity index (χ1n) is 8.25. The summed E-state index contributed by atoms with van der Waals surface area (Å²) in [5, 5.41) is 6.47. The number of hydrogen-bond donors (Lipinski definition) is 2. The molecule has 1 aliphatic rings. The van der Waals surface area contributed by atoms with Gasteiger partial charge in [0.25, 0.3) is 5.91 Å². The van der Waals surface area contributed by atoms with E-state index in [2.05, 4.69) is 30.5 Å². The lowest BCUT2D eigenvalue weighted by molar-refractivity contribution is 0.0956. The van der Waals surface area contributed by atoms with Crippen LogP contribution in [0.5, 0.6) is 0 Å². The first kappa shape index (κ1) is 15.9. The molecular weight excluding hydrogens is 260 g/mol. The molecule has 0 bridgehead atoms. The van der Waals surface area contributed by atoms with Crippen LogP contribution in [0.2, 0.25) is 0 Å². The number of hydrogen-bond acceptors (Lipinski definition) is 2. The van der Waals surface area contributed by atoms with Gasteiger partial charge in [-0.1, -0.05) is 32.8 Å². The topological polar surface area (TPSA) is 41.1 Å². The molecule has 0 spiro atoms. The number of amides is 1. The maximum absolute atomic E-state index is 11.9. The highest BCUT2D eigenvalue weighted by molar-refractivity contribution is 5.95. The Morgan fingerprint density at radius 2 is 2.14 bits per heavy atom. The van der Waals surface area contributed by atoms with Crippen LogP contribution in [0.15, 0.2) is 24.3 Å². The molecule has 0 aliphatic heterocycles. The summed E-state index contributed by atoms with van der Waals surface area (Å²) in [5.41, 5.74) is 1.80. The standard InChI is InChI=1S/C18H28N2O/c1-4-19-18(21)15-8-6-10-17(12-15)20-16-9-5-7-14(11-16)13(2)3/h6,8,10,12-14,16,20H,4-5,7,9,11H2,1-3H3,(H,19,21). The number of nitrogens with one attached hydrogen (secondary N) is 2. The van der Waals surface area contributed by atoms with E-state index in [1.165, 1.54) is 25.7 Å². The molecule has 0 radical (unpaired) electrons. The SMILES string of the molecule is CCNC(=O)c1cccc(NC2CCCC(C(C)C)C2)c1. The van der Waals surface area contributed by atoms with Crippen LogP contribution in [0, 0.1) is 11.8 Å². The Morgan fingerprint density at radius 3 is 2.86 bits per heavy atom. The molecule has 2 rings (SSSR count). The largest absolute Gasteiger partial charge is 0.382 e. The Morgan fingerprint density at radius 1 is 1.33 bits per heavy atom. The lowest BCUT2D eigenvalue weighted by Gasteiger charge is -2.32. The highest BCUT2D eigenvalue weighted by atomic mass is 16.1. The molecular formula is C18H28N2O. The van der Waals surface area contributed by atoms with Crippen LogP contribution in [0.25, 0.3) is 0 Å². The molecule has 0 aromatic heterocycles. The Bertz CT molecular complexity index is 470. The second kappa shape index (κ2) is 7.48. The minimum Gasteiger partial charge on any atom is -0.382 e. The van der Waals surface area contributed by atoms with Gasteiger partial charge in [0.15, 0.2) is 0 Å². The van der Waals surface area contributed by atoms with Gasteiger partial charge >= 0.3 is 0 Å². The molecule has 21 heavy (non-hydrogen) atoms. The van der Waals surface area contributed by atoms with Gasteiger partial charge in [0.05, 0.1) is 0 Å². The van der Waals surface area contributed by atoms with Crippen molar-refractivity contribution in [1.82, 2.24) is 5.32 Å². The van der Waals surface area contributed by atoms with Gasteiger partial charge in [0.2, 0.25) is 0 Å². The molecule has 2 atom stereocenters. The molecule has 2 N–H and O–H groups in total. The first-order valence-corrected chi connectivity index (χ1v) is 8.25. The van der Waals surface area contributed by atoms with Gasteiger partial charge in [-0.05, 0) is 49.8 Å². The van der Waals surface area contributed by atoms with E-state index < -0.39 is 0 Å². The zero-order valence-electron chi connectivity index (χ0n) is 13.5. The zero-order valence-corrected chi connectivity index (χ0v) is 13.5. The molecule has 1 aromatic carbocycles. The van der Waals surface area contributed by atoms with E-state index in [4.69, 9.17) is 0 Å². The highest BCUT2D eigenvalue weighted by Gasteiger charge is 2.24. The van der Waals surface area contributed by atoms with Crippen molar-refractivity contribution in [3.8, 4) is 0 Å². The zero-order chi connectivity index (χ0) is 15.2. The summed E-state index contributed by atoms with van der Waals surface area (Å²) in [6, 6.07) is 8.38. The van der Waals surface area contributed by atoms with Gasteiger partial charge in [-0.25, -0.2) is 0 Å². The minimum absolute atomic E-state index is 0.00449. The molecule has 1 fully saturated rings. The van der Waals surface area contributed by atoms with Crippen molar-refractivity contribution >= 4 is 11.6 Å². The number of anilines is 1. The second-order valence-electron chi connectivity index (χ2n) is 6.45. The molecule has 0 heterocycles. The monoisotopic (exact) mass is 288 g/mol. The lowest BCUT2D eigenvalue weighted by atomic mass is 9.79. The summed E-state index contributed by atoms with van der Waals surface area (Å²) in [5.74, 6) is 1.59. The van der Waals surface area contributed by atoms with Crippen LogP contribution in [-0.4, -0.2) is 18.5 Å². The first-order chi connectivity index (χ1) is 10.1. The van der Waals surface area contributed by atoms with Crippen LogP contribution in [-0.2, 0) is 0 Å². The van der Waals surface area contributed by atoms with E-state index in [1.807, 2.05) is 25.1 Å². The Labute approximate surface area is 128 Å². The maximum atomic E-state index is 11.9. The number of carbonyl (C=O) groups excluding carboxylic acids is 1. The van der Waals surface area contributed by atoms with Crippen molar-refractivity contribution in [2.24, 2.45) is 11.8 Å². The Kier molecular flexibility index (Phi) is 5.66. The smallest absolute Gasteiger partial charge is 0.251 e. The average Bonchev–Trinajstić information content (AvgIpc) is 2.48. The summed E-state index contributed by atoms with van der Waals surface area (Å²) in [6.07, 6.45) is 5.13. The molecule has 0 saturated heterocycles. The van der Waals surface area contributed by atoms with Crippen LogP contribution in [0.1, 0.15) is 56.8 Å². The van der Waals surface area contributed by atoms with Gasteiger partial charge in [0.1, 0.15) is 0 Å². The van der Waals surface area contributed by atoms with Gasteiger partial charge in [-0.2, -0.15) is 0 Å². The summed E-state index contributed by atoms with van der Waals surface area (Å²) in [4.78, 5) is 11.9. The fourth-order valence-corrected chi connectivity index (χ4v) is 3.21. The number of carbonyl (C=O) groups is 1. The van der Waals surface area contributed by atoms with Crippen molar-refractivity contribution in [2.45, 2.75) is 52.5 Å². The van der Waals surface area contributed by atoms with Crippen molar-refractivity contribution in [1.29, 1.82) is 0 Å². The van der Waals surface area contributed by atoms with E-state index in [-0.39, 0.29) is 5.91 Å². The van der Waals surface area contributed by atoms with Crippen molar-refractivity contribution < 1.29 is 4.79 Å². The predicted octanol–water partition coefficient (Wildman–Crippen LogP) is 4.06. The fraction of sp³-hybridized carbons (Fsp3) is 0.611. The molecule has 3 heteroatoms. The molecule has 1 aliphatic carbocycles. The van der Waals surface area contributed by atoms with E-state index in [0.717, 1.165) is 23.1 Å². The number of benzene rings is 1. The fourth-order valence-electron chi connectivity index (χ4n) is 3.21. The van der Waals surface area contributed by atoms with Crippen LogP contribution < -0.4 is 10.6 Å². The van der Waals surface area contributed by atoms with Gasteiger partial charge in [-0.3, -0.25) is 4.79 Å². The summed E-state index contributed by atoms with van der Waals surface area (Å²) in [7, 11) is 0. The summed E-state index contributed by atoms with van der Waals surface area (Å²) >= 11 is 0. The van der Waals surface area contributed by atoms with Crippen molar-refractivity contribution in [3.63, 3.8) is 0 Å². The van der Waals surface area contributed by atoms with Gasteiger partial charge < -0.3 is 10.6 Å². The molecule has 1 aromatic rings. The second-order valence-corrected chi connectivity index (χ2v) is 6.45. The summed E-state index contributed by atoms with van der Waals surface area (Å²) < 4.78 is 0. The normalized spacial score (nSPS) is 22.1. The van der Waals surface area contributed by atoms with Gasteiger partial charge in [0, 0.05) is 23.8 Å².